The summed E-state index contributed by atoms with van der Waals surface area (Å²) in [6.07, 6.45) is -4.36. The second kappa shape index (κ2) is 5.54. The lowest BCUT2D eigenvalue weighted by atomic mass is 10.2. The number of ether oxygens (including phenoxy) is 1. The summed E-state index contributed by atoms with van der Waals surface area (Å²) in [5, 5.41) is 0. The quantitative estimate of drug-likeness (QED) is 0.603. The number of halogens is 5. The Hall–Kier alpha value is -1.01. The van der Waals surface area contributed by atoms with Gasteiger partial charge in [0.15, 0.2) is 0 Å². The van der Waals surface area contributed by atoms with Crippen molar-refractivity contribution in [1.82, 2.24) is 0 Å². The van der Waals surface area contributed by atoms with Crippen molar-refractivity contribution in [2.75, 3.05) is 0 Å². The Labute approximate surface area is 124 Å². The van der Waals surface area contributed by atoms with Gasteiger partial charge in [-0.2, -0.15) is 13.2 Å². The van der Waals surface area contributed by atoms with Gasteiger partial charge in [0.25, 0.3) is 0 Å². The van der Waals surface area contributed by atoms with E-state index in [4.69, 9.17) is 4.74 Å². The Morgan fingerprint density at radius 3 is 2.26 bits per heavy atom. The third kappa shape index (κ3) is 3.73. The first-order valence-electron chi connectivity index (χ1n) is 5.16. The molecule has 6 heteroatoms. The molecule has 0 aromatic heterocycles. The second-order valence-corrected chi connectivity index (χ2v) is 5.47. The Bertz CT molecular complexity index is 597. The molecule has 0 saturated heterocycles. The van der Waals surface area contributed by atoms with E-state index in [0.29, 0.717) is 11.5 Å². The van der Waals surface area contributed by atoms with E-state index in [1.165, 1.54) is 6.07 Å². The van der Waals surface area contributed by atoms with E-state index in [-0.39, 0.29) is 4.47 Å². The molecule has 2 aromatic rings. The fourth-order valence-corrected chi connectivity index (χ4v) is 2.26. The summed E-state index contributed by atoms with van der Waals surface area (Å²) in [6, 6.07) is 10.3. The number of hydrogen-bond acceptors (Lipinski definition) is 1. The predicted molar refractivity (Wildman–Crippen MR) is 73.4 cm³/mol. The van der Waals surface area contributed by atoms with Crippen LogP contribution in [0.15, 0.2) is 51.4 Å². The van der Waals surface area contributed by atoms with Crippen LogP contribution in [0.5, 0.6) is 11.5 Å². The highest BCUT2D eigenvalue weighted by Gasteiger charge is 2.30. The van der Waals surface area contributed by atoms with E-state index >= 15 is 0 Å². The Morgan fingerprint density at radius 1 is 0.947 bits per heavy atom. The fraction of sp³-hybridized carbons (Fsp3) is 0.0769. The number of benzene rings is 2. The Kier molecular flexibility index (Phi) is 4.20. The maximum atomic E-state index is 12.5. The Morgan fingerprint density at radius 2 is 1.68 bits per heavy atom. The zero-order chi connectivity index (χ0) is 14.0. The highest BCUT2D eigenvalue weighted by molar-refractivity contribution is 9.10. The van der Waals surface area contributed by atoms with E-state index < -0.39 is 11.7 Å². The molecule has 0 bridgehead atoms. The van der Waals surface area contributed by atoms with Crippen molar-refractivity contribution >= 4 is 31.9 Å². The van der Waals surface area contributed by atoms with Crippen LogP contribution in [0.4, 0.5) is 13.2 Å². The van der Waals surface area contributed by atoms with Gasteiger partial charge < -0.3 is 4.74 Å². The SMILES string of the molecule is FC(F)(F)c1ccc(Oc2cccc(Br)c2)c(Br)c1. The molecule has 19 heavy (non-hydrogen) atoms. The molecular formula is C13H7Br2F3O. The zero-order valence-corrected chi connectivity index (χ0v) is 12.5. The molecule has 0 fully saturated rings. The molecule has 0 aliphatic rings. The monoisotopic (exact) mass is 394 g/mol. The number of alkyl halides is 3. The average Bonchev–Trinajstić information content (AvgIpc) is 2.30. The van der Waals surface area contributed by atoms with Crippen LogP contribution in [0.2, 0.25) is 0 Å². The molecule has 2 rings (SSSR count). The predicted octanol–water partition coefficient (Wildman–Crippen LogP) is 6.02. The summed E-state index contributed by atoms with van der Waals surface area (Å²) in [4.78, 5) is 0. The van der Waals surface area contributed by atoms with E-state index in [0.717, 1.165) is 16.6 Å². The van der Waals surface area contributed by atoms with Crippen molar-refractivity contribution in [2.24, 2.45) is 0 Å². The summed E-state index contributed by atoms with van der Waals surface area (Å²) in [5.74, 6) is 0.862. The van der Waals surface area contributed by atoms with Crippen molar-refractivity contribution in [3.8, 4) is 11.5 Å². The van der Waals surface area contributed by atoms with Crippen LogP contribution < -0.4 is 4.74 Å². The van der Waals surface area contributed by atoms with Crippen LogP contribution in [0, 0.1) is 0 Å². The molecule has 0 N–H and O–H groups in total. The van der Waals surface area contributed by atoms with Crippen molar-refractivity contribution in [3.63, 3.8) is 0 Å². The molecule has 0 unspecified atom stereocenters. The molecule has 1 nitrogen and oxygen atoms in total. The minimum Gasteiger partial charge on any atom is -0.456 e. The molecule has 0 saturated carbocycles. The summed E-state index contributed by atoms with van der Waals surface area (Å²) in [5.41, 5.74) is -0.721. The largest absolute Gasteiger partial charge is 0.456 e. The van der Waals surface area contributed by atoms with Crippen molar-refractivity contribution in [1.29, 1.82) is 0 Å². The van der Waals surface area contributed by atoms with Crippen molar-refractivity contribution in [3.05, 3.63) is 57.0 Å². The molecule has 0 heterocycles. The van der Waals surface area contributed by atoms with Crippen LogP contribution in [-0.4, -0.2) is 0 Å². The van der Waals surface area contributed by atoms with Crippen LogP contribution in [0.1, 0.15) is 5.56 Å². The first-order valence-corrected chi connectivity index (χ1v) is 6.75. The van der Waals surface area contributed by atoms with Gasteiger partial charge in [0, 0.05) is 4.47 Å². The number of rotatable bonds is 2. The molecule has 100 valence electrons. The fourth-order valence-electron chi connectivity index (χ4n) is 1.42. The molecule has 2 aromatic carbocycles. The topological polar surface area (TPSA) is 9.23 Å². The lowest BCUT2D eigenvalue weighted by molar-refractivity contribution is -0.137. The van der Waals surface area contributed by atoms with Gasteiger partial charge in [-0.25, -0.2) is 0 Å². The van der Waals surface area contributed by atoms with Crippen LogP contribution in [0.3, 0.4) is 0 Å². The first kappa shape index (κ1) is 14.4. The van der Waals surface area contributed by atoms with E-state index in [1.54, 1.807) is 18.2 Å². The van der Waals surface area contributed by atoms with Gasteiger partial charge in [0.2, 0.25) is 0 Å². The third-order valence-corrected chi connectivity index (χ3v) is 3.40. The first-order chi connectivity index (χ1) is 8.86. The van der Waals surface area contributed by atoms with Gasteiger partial charge in [-0.15, -0.1) is 0 Å². The molecule has 0 atom stereocenters. The molecule has 0 aliphatic heterocycles. The molecule has 0 radical (unpaired) electrons. The van der Waals surface area contributed by atoms with E-state index in [1.807, 2.05) is 6.07 Å². The van der Waals surface area contributed by atoms with Crippen LogP contribution >= 0.6 is 31.9 Å². The number of hydrogen-bond donors (Lipinski definition) is 0. The zero-order valence-electron chi connectivity index (χ0n) is 9.34. The van der Waals surface area contributed by atoms with Gasteiger partial charge in [-0.3, -0.25) is 0 Å². The lowest BCUT2D eigenvalue weighted by Gasteiger charge is -2.11. The highest BCUT2D eigenvalue weighted by Crippen LogP contribution is 2.36. The standard InChI is InChI=1S/C13H7Br2F3O/c14-9-2-1-3-10(7-9)19-12-5-4-8(6-11(12)15)13(16,17)18/h1-7H. The van der Waals surface area contributed by atoms with Gasteiger partial charge in [-0.05, 0) is 52.3 Å². The van der Waals surface area contributed by atoms with Crippen molar-refractivity contribution < 1.29 is 17.9 Å². The Balaban J connectivity index is 2.27. The molecule has 0 spiro atoms. The van der Waals surface area contributed by atoms with Crippen LogP contribution in [-0.2, 0) is 6.18 Å². The minimum absolute atomic E-state index is 0.252. The second-order valence-electron chi connectivity index (χ2n) is 3.70. The average molecular weight is 396 g/mol. The molecular weight excluding hydrogens is 389 g/mol. The van der Waals surface area contributed by atoms with Gasteiger partial charge in [-0.1, -0.05) is 22.0 Å². The van der Waals surface area contributed by atoms with E-state index in [9.17, 15) is 13.2 Å². The maximum absolute atomic E-state index is 12.5. The summed E-state index contributed by atoms with van der Waals surface area (Å²) in [7, 11) is 0. The summed E-state index contributed by atoms with van der Waals surface area (Å²) < 4.78 is 44.1. The third-order valence-electron chi connectivity index (χ3n) is 2.28. The lowest BCUT2D eigenvalue weighted by Crippen LogP contribution is -2.04. The smallest absolute Gasteiger partial charge is 0.416 e. The van der Waals surface area contributed by atoms with Crippen molar-refractivity contribution in [2.45, 2.75) is 6.18 Å². The molecule has 0 amide bonds. The minimum atomic E-state index is -4.36. The summed E-state index contributed by atoms with van der Waals surface area (Å²) in [6.45, 7) is 0. The van der Waals surface area contributed by atoms with Gasteiger partial charge >= 0.3 is 6.18 Å². The van der Waals surface area contributed by atoms with Gasteiger partial charge in [0.1, 0.15) is 11.5 Å². The maximum Gasteiger partial charge on any atom is 0.416 e. The summed E-state index contributed by atoms with van der Waals surface area (Å²) >= 11 is 6.37. The normalized spacial score (nSPS) is 11.4. The molecule has 0 aliphatic carbocycles. The van der Waals surface area contributed by atoms with Gasteiger partial charge in [0.05, 0.1) is 10.0 Å². The highest BCUT2D eigenvalue weighted by atomic mass is 79.9. The van der Waals surface area contributed by atoms with Crippen LogP contribution in [0.25, 0.3) is 0 Å². The van der Waals surface area contributed by atoms with E-state index in [2.05, 4.69) is 31.9 Å².